The van der Waals surface area contributed by atoms with E-state index in [0.717, 1.165) is 38.5 Å². The summed E-state index contributed by atoms with van der Waals surface area (Å²) in [4.78, 5) is 45.2. The molecule has 4 atom stereocenters. The van der Waals surface area contributed by atoms with E-state index in [1.165, 1.54) is 64.1 Å². The van der Waals surface area contributed by atoms with Gasteiger partial charge in [0.15, 0.2) is 10.3 Å². The third-order valence-electron chi connectivity index (χ3n) is 6.75. The van der Waals surface area contributed by atoms with Crippen LogP contribution in [-0.4, -0.2) is 53.7 Å². The van der Waals surface area contributed by atoms with Gasteiger partial charge < -0.3 is 10.6 Å². The monoisotopic (exact) mass is 538 g/mol. The first-order chi connectivity index (χ1) is 16.9. The zero-order valence-corrected chi connectivity index (χ0v) is 23.7. The van der Waals surface area contributed by atoms with Crippen LogP contribution in [0.15, 0.2) is 10.2 Å². The van der Waals surface area contributed by atoms with Crippen molar-refractivity contribution in [1.29, 1.82) is 0 Å². The highest BCUT2D eigenvalue weighted by Crippen LogP contribution is 2.49. The van der Waals surface area contributed by atoms with Crippen LogP contribution in [0.2, 0.25) is 0 Å². The number of hydrazone groups is 2. The Morgan fingerprint density at radius 2 is 1.11 bits per heavy atom. The highest BCUT2D eigenvalue weighted by atomic mass is 32.2. The summed E-state index contributed by atoms with van der Waals surface area (Å²) in [5, 5.41) is 18.2. The maximum absolute atomic E-state index is 11.8. The number of hydrogen-bond acceptors (Lipinski definition) is 8. The Morgan fingerprint density at radius 3 is 1.39 bits per heavy atom. The van der Waals surface area contributed by atoms with Gasteiger partial charge in [-0.2, -0.15) is 0 Å². The van der Waals surface area contributed by atoms with Crippen LogP contribution in [0.3, 0.4) is 0 Å². The molecule has 2 saturated carbocycles. The molecule has 0 saturated heterocycles. The van der Waals surface area contributed by atoms with Crippen LogP contribution in [0.4, 0.5) is 0 Å². The van der Waals surface area contributed by atoms with Crippen LogP contribution in [-0.2, 0) is 19.2 Å². The first-order valence-corrected chi connectivity index (χ1v) is 14.2. The molecule has 200 valence electrons. The molecule has 4 aliphatic rings. The molecule has 0 aromatic carbocycles. The van der Waals surface area contributed by atoms with Crippen molar-refractivity contribution >= 4 is 57.5 Å². The predicted octanol–water partition coefficient (Wildman–Crippen LogP) is 3.79. The van der Waals surface area contributed by atoms with Gasteiger partial charge in [0.05, 0.1) is 0 Å². The van der Waals surface area contributed by atoms with E-state index in [0.29, 0.717) is 22.2 Å². The van der Waals surface area contributed by atoms with Gasteiger partial charge in [-0.05, 0) is 50.4 Å². The summed E-state index contributed by atoms with van der Waals surface area (Å²) in [7, 11) is 0. The average molecular weight is 539 g/mol. The Hall–Kier alpha value is -2.08. The molecule has 2 N–H and O–H groups in total. The van der Waals surface area contributed by atoms with Gasteiger partial charge in [0, 0.05) is 27.7 Å². The third-order valence-corrected chi connectivity index (χ3v) is 9.35. The molecule has 12 heteroatoms. The number of carbonyl (C=O) groups excluding carboxylic acids is 4. The Bertz CT molecular complexity index is 896. The van der Waals surface area contributed by atoms with E-state index in [1.54, 1.807) is 10.0 Å². The van der Waals surface area contributed by atoms with Crippen molar-refractivity contribution in [3.8, 4) is 0 Å². The number of amides is 4. The lowest BCUT2D eigenvalue weighted by molar-refractivity contribution is -0.133. The van der Waals surface area contributed by atoms with Crippen molar-refractivity contribution < 1.29 is 19.2 Å². The van der Waals surface area contributed by atoms with Gasteiger partial charge in [-0.25, -0.2) is 10.0 Å². The number of thioether (sulfide) groups is 2. The number of rotatable bonds is 0. The lowest BCUT2D eigenvalue weighted by atomic mass is 9.86. The second kappa shape index (κ2) is 11.5. The molecule has 0 radical (unpaired) electrons. The van der Waals surface area contributed by atoms with Crippen LogP contribution < -0.4 is 10.6 Å². The minimum absolute atomic E-state index is 0.0584. The minimum Gasteiger partial charge on any atom is -0.304 e. The van der Waals surface area contributed by atoms with Crippen molar-refractivity contribution in [3.63, 3.8) is 0 Å². The fourth-order valence-electron chi connectivity index (χ4n) is 5.49. The summed E-state index contributed by atoms with van der Waals surface area (Å²) < 4.78 is 0. The Balaban J connectivity index is 0.000000201. The lowest BCUT2D eigenvalue weighted by Crippen LogP contribution is -2.45. The van der Waals surface area contributed by atoms with Crippen molar-refractivity contribution in [3.05, 3.63) is 0 Å². The summed E-state index contributed by atoms with van der Waals surface area (Å²) in [6, 6.07) is 0. The molecule has 0 bridgehead atoms. The normalized spacial score (nSPS) is 31.4. The third kappa shape index (κ3) is 6.62. The molecule has 2 fully saturated rings. The highest BCUT2D eigenvalue weighted by Gasteiger charge is 2.49. The fraction of sp³-hybridized carbons (Fsp3) is 0.750. The second-order valence-electron chi connectivity index (χ2n) is 10.3. The largest absolute Gasteiger partial charge is 0.304 e. The molecule has 0 unspecified atom stereocenters. The number of amidine groups is 2. The number of hydrogen-bond donors (Lipinski definition) is 2. The standard InChI is InChI=1S/2C12H19N3O2S/c2*1-8-5-4-6-12(7-8)15(10(3)17)14-11(18-12)13-9(2)16/h2*8H,4-7H2,1-3H3,(H,13,14,16)/t2*8-,12-/m00/s1. The SMILES string of the molecule is CC(=O)NC1=NN(C(C)=O)[C@@]2(CCC[C@H](C)C2)S1.CC(=O)NC1=NN(C(C)=O)[C@@]2(CCC[C@H](C)C2)S1. The van der Waals surface area contributed by atoms with Gasteiger partial charge in [0.25, 0.3) is 0 Å². The van der Waals surface area contributed by atoms with Crippen molar-refractivity contribution in [2.24, 2.45) is 22.0 Å². The first kappa shape index (κ1) is 28.5. The molecular weight excluding hydrogens is 500 g/mol. The van der Waals surface area contributed by atoms with Gasteiger partial charge in [-0.15, -0.1) is 10.2 Å². The molecule has 2 spiro atoms. The summed E-state index contributed by atoms with van der Waals surface area (Å²) in [6.07, 6.45) is 8.34. The average Bonchev–Trinajstić information content (AvgIpc) is 3.25. The predicted molar refractivity (Wildman–Crippen MR) is 143 cm³/mol. The first-order valence-electron chi connectivity index (χ1n) is 12.6. The molecule has 2 aliphatic carbocycles. The Kier molecular flexibility index (Phi) is 9.13. The van der Waals surface area contributed by atoms with E-state index in [4.69, 9.17) is 0 Å². The molecule has 10 nitrogen and oxygen atoms in total. The summed E-state index contributed by atoms with van der Waals surface area (Å²) >= 11 is 3.05. The van der Waals surface area contributed by atoms with Gasteiger partial charge >= 0.3 is 0 Å². The van der Waals surface area contributed by atoms with Crippen LogP contribution in [0.25, 0.3) is 0 Å². The Morgan fingerprint density at radius 1 is 0.750 bits per heavy atom. The molecular formula is C24H38N6O4S2. The van der Waals surface area contributed by atoms with E-state index < -0.39 is 0 Å². The van der Waals surface area contributed by atoms with Crippen LogP contribution in [0, 0.1) is 11.8 Å². The summed E-state index contributed by atoms with van der Waals surface area (Å²) in [5.74, 6) is 0.755. The van der Waals surface area contributed by atoms with Crippen molar-refractivity contribution in [1.82, 2.24) is 20.7 Å². The topological polar surface area (TPSA) is 124 Å². The summed E-state index contributed by atoms with van der Waals surface area (Å²) in [5.41, 5.74) is 0. The quantitative estimate of drug-likeness (QED) is 0.484. The highest BCUT2D eigenvalue weighted by molar-refractivity contribution is 8.15. The zero-order chi connectivity index (χ0) is 26.7. The lowest BCUT2D eigenvalue weighted by Gasteiger charge is -2.40. The van der Waals surface area contributed by atoms with Gasteiger partial charge in [0.1, 0.15) is 9.74 Å². The zero-order valence-electron chi connectivity index (χ0n) is 22.0. The Labute approximate surface area is 221 Å². The van der Waals surface area contributed by atoms with Crippen molar-refractivity contribution in [2.45, 2.75) is 103 Å². The van der Waals surface area contributed by atoms with Crippen LogP contribution in [0.1, 0.15) is 92.9 Å². The smallest absolute Gasteiger partial charge is 0.240 e. The molecule has 0 aromatic rings. The van der Waals surface area contributed by atoms with Crippen LogP contribution >= 0.6 is 23.5 Å². The molecule has 2 heterocycles. The van der Waals surface area contributed by atoms with E-state index >= 15 is 0 Å². The van der Waals surface area contributed by atoms with E-state index in [1.807, 2.05) is 0 Å². The molecule has 4 amide bonds. The van der Waals surface area contributed by atoms with E-state index in [2.05, 4.69) is 34.7 Å². The van der Waals surface area contributed by atoms with E-state index in [9.17, 15) is 19.2 Å². The van der Waals surface area contributed by atoms with Crippen molar-refractivity contribution in [2.75, 3.05) is 0 Å². The maximum Gasteiger partial charge on any atom is 0.240 e. The van der Waals surface area contributed by atoms with E-state index in [-0.39, 0.29) is 33.4 Å². The fourth-order valence-corrected chi connectivity index (χ4v) is 8.58. The van der Waals surface area contributed by atoms with Gasteiger partial charge in [-0.3, -0.25) is 19.2 Å². The summed E-state index contributed by atoms with van der Waals surface area (Å²) in [6.45, 7) is 10.4. The molecule has 4 rings (SSSR count). The number of nitrogens with one attached hydrogen (secondary N) is 2. The number of carbonyl (C=O) groups is 4. The molecule has 0 aromatic heterocycles. The minimum atomic E-state index is -0.277. The van der Waals surface area contributed by atoms with Gasteiger partial charge in [-0.1, -0.05) is 50.2 Å². The maximum atomic E-state index is 11.8. The molecule has 36 heavy (non-hydrogen) atoms. The van der Waals surface area contributed by atoms with Gasteiger partial charge in [0.2, 0.25) is 23.6 Å². The second-order valence-corrected chi connectivity index (χ2v) is 13.0. The number of nitrogens with zero attached hydrogens (tertiary/aromatic N) is 4. The molecule has 2 aliphatic heterocycles. The van der Waals surface area contributed by atoms with Crippen LogP contribution in [0.5, 0.6) is 0 Å².